The van der Waals surface area contributed by atoms with Crippen molar-refractivity contribution in [1.29, 1.82) is 0 Å². The van der Waals surface area contributed by atoms with E-state index in [1.54, 1.807) is 18.2 Å². The molecule has 1 fully saturated rings. The van der Waals surface area contributed by atoms with Crippen LogP contribution >= 0.6 is 0 Å². The summed E-state index contributed by atoms with van der Waals surface area (Å²) in [5.74, 6) is -2.76. The summed E-state index contributed by atoms with van der Waals surface area (Å²) in [5, 5.41) is 0. The third-order valence-electron chi connectivity index (χ3n) is 4.42. The van der Waals surface area contributed by atoms with Gasteiger partial charge in [-0.2, -0.15) is 0 Å². The maximum Gasteiger partial charge on any atom is 0.303 e. The first-order valence-electron chi connectivity index (χ1n) is 9.48. The zero-order valence-electron chi connectivity index (χ0n) is 17.6. The van der Waals surface area contributed by atoms with Crippen LogP contribution in [0, 0.1) is 0 Å². The van der Waals surface area contributed by atoms with E-state index in [1.807, 2.05) is 0 Å². The molecule has 0 amide bonds. The highest BCUT2D eigenvalue weighted by Crippen LogP contribution is 2.38. The van der Waals surface area contributed by atoms with Gasteiger partial charge in [-0.15, -0.1) is 0 Å². The number of esters is 4. The molecule has 0 saturated carbocycles. The molecule has 1 aromatic rings. The van der Waals surface area contributed by atoms with Crippen LogP contribution < -0.4 is 0 Å². The van der Waals surface area contributed by atoms with Crippen molar-refractivity contribution < 1.29 is 47.7 Å². The summed E-state index contributed by atoms with van der Waals surface area (Å²) < 4.78 is 27.1. The molecule has 2 rings (SSSR count). The average Bonchev–Trinajstić information content (AvgIpc) is 2.68. The number of carbonyl (C=O) groups is 5. The van der Waals surface area contributed by atoms with Gasteiger partial charge in [-0.1, -0.05) is 24.3 Å². The molecule has 31 heavy (non-hydrogen) atoms. The lowest BCUT2D eigenvalue weighted by Gasteiger charge is -2.44. The summed E-state index contributed by atoms with van der Waals surface area (Å²) in [6.07, 6.45) is -5.34. The quantitative estimate of drug-likeness (QED) is 0.350. The third-order valence-corrected chi connectivity index (χ3v) is 4.42. The number of hydrogen-bond acceptors (Lipinski definition) is 10. The zero-order valence-corrected chi connectivity index (χ0v) is 17.6. The monoisotopic (exact) mass is 436 g/mol. The number of carbonyl (C=O) groups excluding carboxylic acids is 5. The largest absolute Gasteiger partial charge is 0.463 e. The minimum Gasteiger partial charge on any atom is -0.463 e. The van der Waals surface area contributed by atoms with Crippen molar-refractivity contribution in [3.8, 4) is 0 Å². The van der Waals surface area contributed by atoms with Gasteiger partial charge < -0.3 is 23.7 Å². The predicted octanol–water partition coefficient (Wildman–Crippen LogP) is 1.30. The summed E-state index contributed by atoms with van der Waals surface area (Å²) in [6.45, 7) is 4.29. The Bertz CT molecular complexity index is 848. The van der Waals surface area contributed by atoms with Crippen molar-refractivity contribution in [3.05, 3.63) is 35.4 Å². The summed E-state index contributed by atoms with van der Waals surface area (Å²) in [4.78, 5) is 58.3. The number of hydrogen-bond donors (Lipinski definition) is 0. The fourth-order valence-corrected chi connectivity index (χ4v) is 3.36. The fraction of sp³-hybridized carbons (Fsp3) is 0.476. The van der Waals surface area contributed by atoms with Crippen LogP contribution in [0.5, 0.6) is 0 Å². The second-order valence-electron chi connectivity index (χ2n) is 6.87. The maximum absolute atomic E-state index is 11.8. The Kier molecular flexibility index (Phi) is 8.26. The number of ether oxygens (including phenoxy) is 5. The molecule has 0 radical (unpaired) electrons. The molecule has 1 saturated heterocycles. The van der Waals surface area contributed by atoms with E-state index in [0.29, 0.717) is 11.8 Å². The third kappa shape index (κ3) is 6.35. The second kappa shape index (κ2) is 10.7. The lowest BCUT2D eigenvalue weighted by Crippen LogP contribution is -2.59. The Morgan fingerprint density at radius 3 is 1.94 bits per heavy atom. The molecular formula is C21H24O10. The van der Waals surface area contributed by atoms with Crippen molar-refractivity contribution in [2.75, 3.05) is 6.61 Å². The predicted molar refractivity (Wildman–Crippen MR) is 103 cm³/mol. The van der Waals surface area contributed by atoms with Crippen molar-refractivity contribution in [3.63, 3.8) is 0 Å². The average molecular weight is 436 g/mol. The summed E-state index contributed by atoms with van der Waals surface area (Å²) in [6, 6.07) is 6.41. The molecule has 1 aliphatic rings. The Labute approximate surface area is 178 Å². The summed E-state index contributed by atoms with van der Waals surface area (Å²) in [5.41, 5.74) is 0.610. The van der Waals surface area contributed by atoms with Crippen LogP contribution in [0.4, 0.5) is 0 Å². The van der Waals surface area contributed by atoms with Gasteiger partial charge in [-0.05, 0) is 5.56 Å². The number of rotatable bonds is 7. The van der Waals surface area contributed by atoms with Gasteiger partial charge in [0.2, 0.25) is 0 Å². The van der Waals surface area contributed by atoms with E-state index in [-0.39, 0.29) is 12.2 Å². The zero-order chi connectivity index (χ0) is 23.1. The first kappa shape index (κ1) is 24.0. The van der Waals surface area contributed by atoms with Crippen molar-refractivity contribution in [1.82, 2.24) is 0 Å². The summed E-state index contributed by atoms with van der Waals surface area (Å²) in [7, 11) is 0. The van der Waals surface area contributed by atoms with Gasteiger partial charge in [-0.3, -0.25) is 24.0 Å². The Hall–Kier alpha value is -3.27. The molecule has 5 atom stereocenters. The van der Waals surface area contributed by atoms with Crippen LogP contribution in [0.3, 0.4) is 0 Å². The highest BCUT2D eigenvalue weighted by molar-refractivity contribution is 5.77. The van der Waals surface area contributed by atoms with E-state index in [2.05, 4.69) is 0 Å². The fourth-order valence-electron chi connectivity index (χ4n) is 3.36. The van der Waals surface area contributed by atoms with E-state index in [4.69, 9.17) is 23.7 Å². The van der Waals surface area contributed by atoms with Gasteiger partial charge in [0.25, 0.3) is 0 Å². The molecule has 10 heteroatoms. The molecular weight excluding hydrogens is 412 g/mol. The van der Waals surface area contributed by atoms with E-state index in [1.165, 1.54) is 13.0 Å². The molecule has 1 aliphatic heterocycles. The van der Waals surface area contributed by atoms with Crippen molar-refractivity contribution in [2.24, 2.45) is 0 Å². The summed E-state index contributed by atoms with van der Waals surface area (Å²) >= 11 is 0. The molecule has 0 N–H and O–H groups in total. The molecule has 0 bridgehead atoms. The lowest BCUT2D eigenvalue weighted by atomic mass is 9.88. The standard InChI is InChI=1S/C21H24O10/c1-11(23)27-10-17-19(28-12(2)24)21(30-14(4)26)20(29-13(3)25)18(31-17)16-8-6-5-7-15(16)9-22/h5-9,17-21H,10H2,1-4H3/t17-,18-,19+,20+,21+/m1/s1. The maximum atomic E-state index is 11.8. The van der Waals surface area contributed by atoms with Gasteiger partial charge in [0, 0.05) is 33.3 Å². The van der Waals surface area contributed by atoms with Crippen LogP contribution in [-0.2, 0) is 42.9 Å². The van der Waals surface area contributed by atoms with Crippen LogP contribution in [0.2, 0.25) is 0 Å². The molecule has 0 unspecified atom stereocenters. The normalized spacial score (nSPS) is 25.1. The van der Waals surface area contributed by atoms with Crippen LogP contribution in [0.15, 0.2) is 24.3 Å². The Balaban J connectivity index is 2.59. The molecule has 1 aromatic carbocycles. The lowest BCUT2D eigenvalue weighted by molar-refractivity contribution is -0.254. The van der Waals surface area contributed by atoms with Gasteiger partial charge in [0.1, 0.15) is 25.1 Å². The Morgan fingerprint density at radius 2 is 1.39 bits per heavy atom. The topological polar surface area (TPSA) is 132 Å². The number of benzene rings is 1. The first-order valence-corrected chi connectivity index (χ1v) is 9.48. The molecule has 0 aromatic heterocycles. The van der Waals surface area contributed by atoms with Gasteiger partial charge in [-0.25, -0.2) is 0 Å². The highest BCUT2D eigenvalue weighted by Gasteiger charge is 2.52. The molecule has 10 nitrogen and oxygen atoms in total. The van der Waals surface area contributed by atoms with E-state index < -0.39 is 54.4 Å². The van der Waals surface area contributed by atoms with Gasteiger partial charge in [0.05, 0.1) is 0 Å². The van der Waals surface area contributed by atoms with Crippen LogP contribution in [-0.4, -0.2) is 61.2 Å². The first-order chi connectivity index (χ1) is 14.6. The molecule has 0 aliphatic carbocycles. The van der Waals surface area contributed by atoms with Crippen LogP contribution in [0.25, 0.3) is 0 Å². The van der Waals surface area contributed by atoms with Gasteiger partial charge >= 0.3 is 23.9 Å². The van der Waals surface area contributed by atoms with Gasteiger partial charge in [0.15, 0.2) is 18.3 Å². The molecule has 168 valence electrons. The minimum atomic E-state index is -1.29. The minimum absolute atomic E-state index is 0.253. The molecule has 0 spiro atoms. The number of aldehydes is 1. The molecule has 1 heterocycles. The van der Waals surface area contributed by atoms with Crippen molar-refractivity contribution in [2.45, 2.75) is 58.2 Å². The highest BCUT2D eigenvalue weighted by atomic mass is 16.7. The van der Waals surface area contributed by atoms with E-state index in [9.17, 15) is 24.0 Å². The van der Waals surface area contributed by atoms with Crippen molar-refractivity contribution >= 4 is 30.2 Å². The Morgan fingerprint density at radius 1 is 0.839 bits per heavy atom. The SMILES string of the molecule is CC(=O)OC[C@H]1O[C@H](c2ccccc2C=O)[C@H](OC(C)=O)[C@@H](OC(C)=O)[C@H]1OC(C)=O. The van der Waals surface area contributed by atoms with E-state index in [0.717, 1.165) is 20.8 Å². The van der Waals surface area contributed by atoms with Crippen LogP contribution in [0.1, 0.15) is 49.7 Å². The smallest absolute Gasteiger partial charge is 0.303 e. The van der Waals surface area contributed by atoms with E-state index >= 15 is 0 Å². The second-order valence-corrected chi connectivity index (χ2v) is 6.87.